The lowest BCUT2D eigenvalue weighted by molar-refractivity contribution is -0.136. The molecule has 1 aromatic carbocycles. The van der Waals surface area contributed by atoms with Crippen molar-refractivity contribution in [1.82, 2.24) is 9.80 Å². The molecule has 1 aliphatic heterocycles. The van der Waals surface area contributed by atoms with E-state index in [1.165, 1.54) is 10.4 Å². The van der Waals surface area contributed by atoms with Crippen LogP contribution < -0.4 is 4.74 Å². The minimum atomic E-state index is -0.604. The number of aliphatic hydroxyl groups excluding tert-OH is 1. The lowest BCUT2D eigenvalue weighted by Crippen LogP contribution is -2.48. The van der Waals surface area contributed by atoms with E-state index in [1.807, 2.05) is 47.9 Å². The lowest BCUT2D eigenvalue weighted by atomic mass is 10.0. The third-order valence-corrected chi connectivity index (χ3v) is 6.54. The van der Waals surface area contributed by atoms with Gasteiger partial charge in [0.2, 0.25) is 5.91 Å². The van der Waals surface area contributed by atoms with Gasteiger partial charge in [0.25, 0.3) is 0 Å². The first-order chi connectivity index (χ1) is 14.5. The van der Waals surface area contributed by atoms with Crippen molar-refractivity contribution in [3.8, 4) is 5.75 Å². The van der Waals surface area contributed by atoms with Gasteiger partial charge in [-0.2, -0.15) is 0 Å². The van der Waals surface area contributed by atoms with E-state index >= 15 is 0 Å². The Bertz CT molecular complexity index is 825. The summed E-state index contributed by atoms with van der Waals surface area (Å²) in [5.41, 5.74) is 2.27. The summed E-state index contributed by atoms with van der Waals surface area (Å²) < 4.78 is 11.2. The van der Waals surface area contributed by atoms with E-state index in [9.17, 15) is 9.90 Å². The number of fused-ring (bicyclic) bond motifs is 1. The van der Waals surface area contributed by atoms with Crippen LogP contribution in [0.25, 0.3) is 0 Å². The normalized spacial score (nSPS) is 17.1. The Morgan fingerprint density at radius 2 is 2.17 bits per heavy atom. The van der Waals surface area contributed by atoms with Crippen LogP contribution in [0.1, 0.15) is 29.0 Å². The highest BCUT2D eigenvalue weighted by molar-refractivity contribution is 7.10. The van der Waals surface area contributed by atoms with Crippen LogP contribution >= 0.6 is 11.3 Å². The van der Waals surface area contributed by atoms with Crippen LogP contribution in [-0.4, -0.2) is 73.4 Å². The molecule has 0 saturated carbocycles. The second-order valence-corrected chi connectivity index (χ2v) is 8.67. The van der Waals surface area contributed by atoms with Crippen molar-refractivity contribution in [2.45, 2.75) is 32.4 Å². The van der Waals surface area contributed by atoms with Crippen LogP contribution in [0.5, 0.6) is 5.75 Å². The average Bonchev–Trinajstić information content (AvgIpc) is 3.21. The van der Waals surface area contributed by atoms with Gasteiger partial charge in [0, 0.05) is 25.1 Å². The summed E-state index contributed by atoms with van der Waals surface area (Å²) in [6.07, 6.45) is 0.269. The summed E-state index contributed by atoms with van der Waals surface area (Å²) in [5.74, 6) is 0.918. The molecule has 7 heteroatoms. The highest BCUT2D eigenvalue weighted by Gasteiger charge is 2.33. The van der Waals surface area contributed by atoms with Crippen molar-refractivity contribution in [1.29, 1.82) is 0 Å². The highest BCUT2D eigenvalue weighted by atomic mass is 32.1. The maximum atomic E-state index is 13.2. The Kier molecular flexibility index (Phi) is 8.27. The summed E-state index contributed by atoms with van der Waals surface area (Å²) in [6, 6.07) is 9.97. The predicted octanol–water partition coefficient (Wildman–Crippen LogP) is 2.89. The van der Waals surface area contributed by atoms with Gasteiger partial charge in [0.05, 0.1) is 25.3 Å². The SMILES string of the molecule is CCN(CC(=O)N1CCc2sccc2C1COc1ccccc1C)CC(O)COC. The molecular formula is C23H32N2O4S. The van der Waals surface area contributed by atoms with Crippen molar-refractivity contribution in [2.75, 3.05) is 46.5 Å². The summed E-state index contributed by atoms with van der Waals surface area (Å²) in [4.78, 5) is 18.5. The van der Waals surface area contributed by atoms with Crippen LogP contribution in [0.15, 0.2) is 35.7 Å². The molecule has 1 N–H and O–H groups in total. The fourth-order valence-corrected chi connectivity index (χ4v) is 4.82. The molecule has 30 heavy (non-hydrogen) atoms. The number of carbonyl (C=O) groups excluding carboxylic acids is 1. The number of hydrogen-bond donors (Lipinski definition) is 1. The molecule has 0 radical (unpaired) electrons. The molecular weight excluding hydrogens is 400 g/mol. The fourth-order valence-electron chi connectivity index (χ4n) is 3.89. The van der Waals surface area contributed by atoms with E-state index in [1.54, 1.807) is 18.4 Å². The number of rotatable bonds is 10. The molecule has 2 atom stereocenters. The van der Waals surface area contributed by atoms with E-state index in [0.29, 0.717) is 26.2 Å². The summed E-state index contributed by atoms with van der Waals surface area (Å²) >= 11 is 1.75. The molecule has 0 bridgehead atoms. The Morgan fingerprint density at radius 1 is 1.37 bits per heavy atom. The zero-order valence-electron chi connectivity index (χ0n) is 18.0. The Balaban J connectivity index is 1.71. The molecule has 0 fully saturated rings. The van der Waals surface area contributed by atoms with Gasteiger partial charge in [-0.1, -0.05) is 25.1 Å². The van der Waals surface area contributed by atoms with Crippen LogP contribution in [0.3, 0.4) is 0 Å². The topological polar surface area (TPSA) is 62.2 Å². The van der Waals surface area contributed by atoms with Gasteiger partial charge in [0.15, 0.2) is 0 Å². The molecule has 0 saturated heterocycles. The monoisotopic (exact) mass is 432 g/mol. The lowest BCUT2D eigenvalue weighted by Gasteiger charge is -2.37. The first-order valence-electron chi connectivity index (χ1n) is 10.5. The third-order valence-electron chi connectivity index (χ3n) is 5.54. The zero-order valence-corrected chi connectivity index (χ0v) is 18.9. The first-order valence-corrected chi connectivity index (χ1v) is 11.3. The number of aryl methyl sites for hydroxylation is 1. The minimum Gasteiger partial charge on any atom is -0.491 e. The summed E-state index contributed by atoms with van der Waals surface area (Å²) in [7, 11) is 1.57. The Labute approximate surface area is 183 Å². The van der Waals surface area contributed by atoms with Crippen molar-refractivity contribution in [2.24, 2.45) is 0 Å². The number of nitrogens with zero attached hydrogens (tertiary/aromatic N) is 2. The van der Waals surface area contributed by atoms with E-state index < -0.39 is 6.10 Å². The third kappa shape index (κ3) is 5.60. The number of aliphatic hydroxyl groups is 1. The molecule has 1 amide bonds. The molecule has 1 aliphatic rings. The average molecular weight is 433 g/mol. The molecule has 2 aromatic rings. The predicted molar refractivity (Wildman–Crippen MR) is 119 cm³/mol. The van der Waals surface area contributed by atoms with Gasteiger partial charge < -0.3 is 19.5 Å². The fraction of sp³-hybridized carbons (Fsp3) is 0.522. The first kappa shape index (κ1) is 22.7. The van der Waals surface area contributed by atoms with E-state index in [0.717, 1.165) is 17.7 Å². The van der Waals surface area contributed by atoms with Crippen LogP contribution in [-0.2, 0) is 16.0 Å². The van der Waals surface area contributed by atoms with E-state index in [4.69, 9.17) is 9.47 Å². The summed E-state index contributed by atoms with van der Waals surface area (Å²) in [6.45, 7) is 6.78. The summed E-state index contributed by atoms with van der Waals surface area (Å²) in [5, 5.41) is 12.2. The van der Waals surface area contributed by atoms with Crippen LogP contribution in [0.4, 0.5) is 0 Å². The number of hydrogen-bond acceptors (Lipinski definition) is 6. The maximum absolute atomic E-state index is 13.2. The van der Waals surface area contributed by atoms with E-state index in [2.05, 4.69) is 11.4 Å². The molecule has 0 aliphatic carbocycles. The van der Waals surface area contributed by atoms with E-state index in [-0.39, 0.29) is 25.1 Å². The van der Waals surface area contributed by atoms with Crippen molar-refractivity contribution >= 4 is 17.2 Å². The number of amides is 1. The maximum Gasteiger partial charge on any atom is 0.237 e. The smallest absolute Gasteiger partial charge is 0.237 e. The van der Waals surface area contributed by atoms with Gasteiger partial charge in [-0.05, 0) is 48.5 Å². The molecule has 164 valence electrons. The van der Waals surface area contributed by atoms with Crippen LogP contribution in [0, 0.1) is 6.92 Å². The number of para-hydroxylation sites is 1. The number of carbonyl (C=O) groups is 1. The zero-order chi connectivity index (χ0) is 21.5. The number of thiophene rings is 1. The largest absolute Gasteiger partial charge is 0.491 e. The number of methoxy groups -OCH3 is 1. The molecule has 6 nitrogen and oxygen atoms in total. The van der Waals surface area contributed by atoms with Gasteiger partial charge in [-0.3, -0.25) is 9.69 Å². The Morgan fingerprint density at radius 3 is 2.90 bits per heavy atom. The molecule has 2 unspecified atom stereocenters. The van der Waals surface area contributed by atoms with Crippen molar-refractivity contribution < 1.29 is 19.4 Å². The van der Waals surface area contributed by atoms with Crippen molar-refractivity contribution in [3.05, 3.63) is 51.7 Å². The highest BCUT2D eigenvalue weighted by Crippen LogP contribution is 2.34. The second kappa shape index (κ2) is 10.9. The quantitative estimate of drug-likeness (QED) is 0.626. The van der Waals surface area contributed by atoms with Gasteiger partial charge in [-0.15, -0.1) is 11.3 Å². The molecule has 1 aromatic heterocycles. The number of ether oxygens (including phenoxy) is 2. The van der Waals surface area contributed by atoms with Gasteiger partial charge in [-0.25, -0.2) is 0 Å². The molecule has 0 spiro atoms. The van der Waals surface area contributed by atoms with Gasteiger partial charge in [0.1, 0.15) is 12.4 Å². The molecule has 3 rings (SSSR count). The second-order valence-electron chi connectivity index (χ2n) is 7.67. The van der Waals surface area contributed by atoms with Crippen molar-refractivity contribution in [3.63, 3.8) is 0 Å². The Hall–Kier alpha value is -1.93. The standard InChI is InChI=1S/C23H32N2O4S/c1-4-24(13-18(26)15-28-3)14-23(27)25-11-9-22-19(10-12-30-22)20(25)16-29-21-8-6-5-7-17(21)2/h5-8,10,12,18,20,26H,4,9,11,13-16H2,1-3H3. The van der Waals surface area contributed by atoms with Gasteiger partial charge >= 0.3 is 0 Å². The molecule has 2 heterocycles. The van der Waals surface area contributed by atoms with Crippen LogP contribution in [0.2, 0.25) is 0 Å². The number of likely N-dealkylation sites (N-methyl/N-ethyl adjacent to an activating group) is 1. The minimum absolute atomic E-state index is 0.0664. The number of benzene rings is 1.